The zero-order valence-electron chi connectivity index (χ0n) is 13.8. The minimum Gasteiger partial charge on any atom is -0.387 e. The number of carbonyl (C=O) groups is 1. The lowest BCUT2D eigenvalue weighted by Gasteiger charge is -2.40. The van der Waals surface area contributed by atoms with E-state index in [9.17, 15) is 18.7 Å². The molecule has 0 spiro atoms. The fourth-order valence-electron chi connectivity index (χ4n) is 3.74. The molecule has 0 aliphatic carbocycles. The Morgan fingerprint density at radius 1 is 1.17 bits per heavy atom. The van der Waals surface area contributed by atoms with E-state index >= 15 is 0 Å². The van der Waals surface area contributed by atoms with E-state index in [0.717, 1.165) is 63.5 Å². The third kappa shape index (κ3) is 3.92. The van der Waals surface area contributed by atoms with Crippen LogP contribution in [-0.2, 0) is 4.79 Å². The lowest BCUT2D eigenvalue weighted by Crippen LogP contribution is -2.49. The van der Waals surface area contributed by atoms with E-state index in [1.54, 1.807) is 0 Å². The first-order chi connectivity index (χ1) is 11.5. The van der Waals surface area contributed by atoms with Crippen molar-refractivity contribution in [2.45, 2.75) is 44.2 Å². The number of nitrogens with zero attached hydrogens (tertiary/aromatic N) is 2. The maximum absolute atomic E-state index is 13.7. The van der Waals surface area contributed by atoms with Crippen LogP contribution in [0.3, 0.4) is 0 Å². The summed E-state index contributed by atoms with van der Waals surface area (Å²) in [5, 5.41) is 10.2. The number of aliphatic hydroxyl groups is 1. The topological polar surface area (TPSA) is 43.8 Å². The van der Waals surface area contributed by atoms with Crippen molar-refractivity contribution in [3.8, 4) is 0 Å². The van der Waals surface area contributed by atoms with Gasteiger partial charge in [-0.05, 0) is 43.9 Å². The minimum absolute atomic E-state index is 0.00308. The second-order valence-electron chi connectivity index (χ2n) is 6.76. The lowest BCUT2D eigenvalue weighted by molar-refractivity contribution is -0.136. The van der Waals surface area contributed by atoms with Gasteiger partial charge in [0.25, 0.3) is 0 Å². The van der Waals surface area contributed by atoms with E-state index < -0.39 is 17.7 Å². The third-order valence-electron chi connectivity index (χ3n) is 5.11. The van der Waals surface area contributed by atoms with E-state index in [0.29, 0.717) is 6.42 Å². The number of hydrogen-bond donors (Lipinski definition) is 1. The van der Waals surface area contributed by atoms with Crippen molar-refractivity contribution < 1.29 is 18.7 Å². The highest BCUT2D eigenvalue weighted by molar-refractivity contribution is 5.77. The van der Waals surface area contributed by atoms with Crippen LogP contribution in [0.4, 0.5) is 8.78 Å². The molecular formula is C18H24F2N2O2. The van der Waals surface area contributed by atoms with Gasteiger partial charge in [0.1, 0.15) is 11.6 Å². The molecule has 1 amide bonds. The van der Waals surface area contributed by atoms with Crippen LogP contribution in [0, 0.1) is 11.6 Å². The number of rotatable bonds is 4. The Morgan fingerprint density at radius 3 is 2.62 bits per heavy atom. The van der Waals surface area contributed by atoms with Crippen molar-refractivity contribution in [1.29, 1.82) is 0 Å². The molecule has 0 radical (unpaired) electrons. The first-order valence-electron chi connectivity index (χ1n) is 8.69. The van der Waals surface area contributed by atoms with Gasteiger partial charge >= 0.3 is 0 Å². The van der Waals surface area contributed by atoms with Crippen LogP contribution < -0.4 is 0 Å². The largest absolute Gasteiger partial charge is 0.387 e. The van der Waals surface area contributed by atoms with Gasteiger partial charge in [-0.15, -0.1) is 0 Å². The van der Waals surface area contributed by atoms with E-state index in [4.69, 9.17) is 0 Å². The molecule has 1 atom stereocenters. The average molecular weight is 338 g/mol. The number of hydrogen-bond acceptors (Lipinski definition) is 3. The van der Waals surface area contributed by atoms with Crippen LogP contribution in [0.15, 0.2) is 18.2 Å². The number of likely N-dealkylation sites (tertiary alicyclic amines) is 2. The average Bonchev–Trinajstić information content (AvgIpc) is 2.58. The monoisotopic (exact) mass is 338 g/mol. The molecule has 1 aromatic carbocycles. The van der Waals surface area contributed by atoms with Gasteiger partial charge in [-0.25, -0.2) is 8.78 Å². The maximum atomic E-state index is 13.7. The van der Waals surface area contributed by atoms with Gasteiger partial charge in [0.2, 0.25) is 5.91 Å². The number of β-amino-alcohol motifs (C(OH)–C–C–N with tert-alkyl or cyclic N) is 1. The number of aliphatic hydroxyl groups excluding tert-OH is 1. The van der Waals surface area contributed by atoms with Gasteiger partial charge in [0, 0.05) is 44.2 Å². The van der Waals surface area contributed by atoms with Crippen molar-refractivity contribution in [3.05, 3.63) is 35.4 Å². The van der Waals surface area contributed by atoms with Gasteiger partial charge in [0.05, 0.1) is 6.10 Å². The normalized spacial score (nSPS) is 22.0. The van der Waals surface area contributed by atoms with E-state index in [2.05, 4.69) is 4.90 Å². The Kier molecular flexibility index (Phi) is 5.46. The summed E-state index contributed by atoms with van der Waals surface area (Å²) in [5.41, 5.74) is 0.00308. The van der Waals surface area contributed by atoms with Crippen LogP contribution in [0.25, 0.3) is 0 Å². The molecule has 6 heteroatoms. The van der Waals surface area contributed by atoms with E-state index in [1.165, 1.54) is 0 Å². The molecule has 2 saturated heterocycles. The van der Waals surface area contributed by atoms with Gasteiger partial charge in [0.15, 0.2) is 0 Å². The summed E-state index contributed by atoms with van der Waals surface area (Å²) in [4.78, 5) is 16.1. The van der Waals surface area contributed by atoms with Gasteiger partial charge in [-0.1, -0.05) is 0 Å². The van der Waals surface area contributed by atoms with Crippen molar-refractivity contribution in [3.63, 3.8) is 0 Å². The molecule has 1 aromatic rings. The summed E-state index contributed by atoms with van der Waals surface area (Å²) in [6.07, 6.45) is 3.39. The number of benzene rings is 1. The second kappa shape index (κ2) is 7.57. The SMILES string of the molecule is O=C1CCCCN1C1CCN(CC(O)c2cc(F)ccc2F)CC1. The Morgan fingerprint density at radius 2 is 1.92 bits per heavy atom. The number of amides is 1. The minimum atomic E-state index is -1.05. The molecule has 0 bridgehead atoms. The first-order valence-corrected chi connectivity index (χ1v) is 8.69. The highest BCUT2D eigenvalue weighted by atomic mass is 19.1. The summed E-state index contributed by atoms with van der Waals surface area (Å²) >= 11 is 0. The van der Waals surface area contributed by atoms with Gasteiger partial charge in [-0.2, -0.15) is 0 Å². The molecule has 132 valence electrons. The van der Waals surface area contributed by atoms with Gasteiger partial charge in [-0.3, -0.25) is 4.79 Å². The standard InChI is InChI=1S/C18H24F2N2O2/c19-13-4-5-16(20)15(11-13)17(23)12-21-9-6-14(7-10-21)22-8-2-1-3-18(22)24/h4-5,11,14,17,23H,1-3,6-10,12H2. The van der Waals surface area contributed by atoms with Crippen LogP contribution in [-0.4, -0.2) is 53.0 Å². The molecule has 2 aliphatic rings. The zero-order valence-corrected chi connectivity index (χ0v) is 13.8. The molecule has 4 nitrogen and oxygen atoms in total. The van der Waals surface area contributed by atoms with Crippen LogP contribution in [0.5, 0.6) is 0 Å². The molecule has 3 rings (SSSR count). The van der Waals surface area contributed by atoms with Crippen molar-refractivity contribution >= 4 is 5.91 Å². The molecule has 2 fully saturated rings. The first kappa shape index (κ1) is 17.3. The highest BCUT2D eigenvalue weighted by Crippen LogP contribution is 2.24. The fourth-order valence-corrected chi connectivity index (χ4v) is 3.74. The molecule has 2 heterocycles. The smallest absolute Gasteiger partial charge is 0.222 e. The molecular weight excluding hydrogens is 314 g/mol. The molecule has 0 aromatic heterocycles. The summed E-state index contributed by atoms with van der Waals surface area (Å²) in [6.45, 7) is 2.63. The van der Waals surface area contributed by atoms with Crippen molar-refractivity contribution in [2.24, 2.45) is 0 Å². The number of halogens is 2. The van der Waals surface area contributed by atoms with E-state index in [-0.39, 0.29) is 24.1 Å². The fraction of sp³-hybridized carbons (Fsp3) is 0.611. The molecule has 24 heavy (non-hydrogen) atoms. The zero-order chi connectivity index (χ0) is 17.1. The Balaban J connectivity index is 1.53. The number of piperidine rings is 2. The van der Waals surface area contributed by atoms with Crippen molar-refractivity contribution in [1.82, 2.24) is 9.80 Å². The van der Waals surface area contributed by atoms with Crippen LogP contribution >= 0.6 is 0 Å². The molecule has 1 N–H and O–H groups in total. The molecule has 1 unspecified atom stereocenters. The maximum Gasteiger partial charge on any atom is 0.222 e. The summed E-state index contributed by atoms with van der Waals surface area (Å²) < 4.78 is 27.0. The third-order valence-corrected chi connectivity index (χ3v) is 5.11. The summed E-state index contributed by atoms with van der Waals surface area (Å²) in [7, 11) is 0. The number of carbonyl (C=O) groups excluding carboxylic acids is 1. The van der Waals surface area contributed by atoms with Crippen molar-refractivity contribution in [2.75, 3.05) is 26.2 Å². The second-order valence-corrected chi connectivity index (χ2v) is 6.76. The van der Waals surface area contributed by atoms with Crippen LogP contribution in [0.1, 0.15) is 43.8 Å². The predicted molar refractivity (Wildman–Crippen MR) is 86.3 cm³/mol. The predicted octanol–water partition coefficient (Wildman–Crippen LogP) is 2.48. The van der Waals surface area contributed by atoms with Gasteiger partial charge < -0.3 is 14.9 Å². The van der Waals surface area contributed by atoms with E-state index in [1.807, 2.05) is 4.90 Å². The lowest BCUT2D eigenvalue weighted by atomic mass is 9.98. The summed E-state index contributed by atoms with van der Waals surface area (Å²) in [5.74, 6) is -0.882. The Labute approximate surface area is 141 Å². The van der Waals surface area contributed by atoms with Crippen LogP contribution in [0.2, 0.25) is 0 Å². The quantitative estimate of drug-likeness (QED) is 0.917. The Bertz CT molecular complexity index is 588. The highest BCUT2D eigenvalue weighted by Gasteiger charge is 2.30. The summed E-state index contributed by atoms with van der Waals surface area (Å²) in [6, 6.07) is 3.42. The molecule has 0 saturated carbocycles. The Hall–Kier alpha value is -1.53. The molecule has 2 aliphatic heterocycles.